The van der Waals surface area contributed by atoms with Gasteiger partial charge in [-0.05, 0) is 24.3 Å². The molecule has 0 amide bonds. The van der Waals surface area contributed by atoms with Crippen LogP contribution in [0.4, 0.5) is 11.8 Å². The molecule has 0 atom stereocenters. The summed E-state index contributed by atoms with van der Waals surface area (Å²) in [6.45, 7) is 7.53. The van der Waals surface area contributed by atoms with Gasteiger partial charge in [0, 0.05) is 19.0 Å². The van der Waals surface area contributed by atoms with Gasteiger partial charge in [0.05, 0.1) is 11.0 Å². The van der Waals surface area contributed by atoms with Gasteiger partial charge in [0.25, 0.3) is 0 Å². The Bertz CT molecular complexity index is 863. The number of nitrogens with one attached hydrogen (secondary N) is 1. The van der Waals surface area contributed by atoms with Crippen LogP contribution in [0.5, 0.6) is 0 Å². The number of benzene rings is 1. The van der Waals surface area contributed by atoms with Crippen LogP contribution in [0.2, 0.25) is 0 Å². The lowest BCUT2D eigenvalue weighted by atomic mass is 10.0. The van der Waals surface area contributed by atoms with E-state index in [1.807, 2.05) is 7.05 Å². The second-order valence-corrected chi connectivity index (χ2v) is 6.80. The Morgan fingerprint density at radius 1 is 1.21 bits per heavy atom. The summed E-state index contributed by atoms with van der Waals surface area (Å²) in [5.74, 6) is 1.88. The van der Waals surface area contributed by atoms with Crippen molar-refractivity contribution in [1.82, 2.24) is 14.5 Å². The largest absolute Gasteiger partial charge is 0.382 e. The van der Waals surface area contributed by atoms with Gasteiger partial charge in [-0.3, -0.25) is 0 Å². The fourth-order valence-corrected chi connectivity index (χ4v) is 3.30. The first-order valence-corrected chi connectivity index (χ1v) is 8.81. The van der Waals surface area contributed by atoms with Crippen LogP contribution < -0.4 is 11.1 Å². The molecular weight excluding hydrogens is 298 g/mol. The van der Waals surface area contributed by atoms with E-state index in [1.165, 1.54) is 12.0 Å². The quantitative estimate of drug-likeness (QED) is 0.712. The van der Waals surface area contributed by atoms with Crippen molar-refractivity contribution in [3.8, 4) is 0 Å². The first-order chi connectivity index (χ1) is 11.6. The van der Waals surface area contributed by atoms with E-state index < -0.39 is 0 Å². The van der Waals surface area contributed by atoms with E-state index >= 15 is 0 Å². The Hall–Kier alpha value is -2.30. The Labute approximate surface area is 143 Å². The van der Waals surface area contributed by atoms with Crippen LogP contribution in [0, 0.1) is 5.92 Å². The predicted octanol–water partition coefficient (Wildman–Crippen LogP) is 4.21. The van der Waals surface area contributed by atoms with Crippen molar-refractivity contribution in [2.75, 3.05) is 18.1 Å². The number of fused-ring (bicyclic) bond motifs is 3. The summed E-state index contributed by atoms with van der Waals surface area (Å²) in [6.07, 6.45) is 3.36. The summed E-state index contributed by atoms with van der Waals surface area (Å²) in [7, 11) is 1.90. The predicted molar refractivity (Wildman–Crippen MR) is 102 cm³/mol. The molecule has 128 valence electrons. The average Bonchev–Trinajstić information content (AvgIpc) is 2.92. The second-order valence-electron chi connectivity index (χ2n) is 6.80. The molecule has 3 N–H and O–H groups in total. The number of pyridine rings is 1. The maximum Gasteiger partial charge on any atom is 0.203 e. The molecule has 2 aromatic heterocycles. The van der Waals surface area contributed by atoms with E-state index in [1.54, 1.807) is 0 Å². The minimum Gasteiger partial charge on any atom is -0.382 e. The molecule has 0 bridgehead atoms. The fourth-order valence-electron chi connectivity index (χ4n) is 3.30. The highest BCUT2D eigenvalue weighted by atomic mass is 15.2. The third-order valence-electron chi connectivity index (χ3n) is 4.39. The number of nitrogens with zero attached hydrogens (tertiary/aromatic N) is 3. The Kier molecular flexibility index (Phi) is 4.60. The van der Waals surface area contributed by atoms with Crippen molar-refractivity contribution in [1.29, 1.82) is 0 Å². The minimum absolute atomic E-state index is 0.514. The van der Waals surface area contributed by atoms with Crippen LogP contribution in [0.15, 0.2) is 18.2 Å². The number of hydrogen-bond donors (Lipinski definition) is 2. The summed E-state index contributed by atoms with van der Waals surface area (Å²) in [5.41, 5.74) is 10.4. The molecule has 3 aromatic rings. The van der Waals surface area contributed by atoms with Gasteiger partial charge in [-0.1, -0.05) is 45.4 Å². The maximum atomic E-state index is 6.27. The Morgan fingerprint density at radius 2 is 2.00 bits per heavy atom. The number of rotatable bonds is 6. The van der Waals surface area contributed by atoms with E-state index in [4.69, 9.17) is 15.7 Å². The van der Waals surface area contributed by atoms with Crippen LogP contribution >= 0.6 is 0 Å². The van der Waals surface area contributed by atoms with Crippen LogP contribution in [-0.2, 0) is 13.0 Å². The molecule has 0 aliphatic carbocycles. The molecule has 0 fully saturated rings. The van der Waals surface area contributed by atoms with E-state index in [-0.39, 0.29) is 0 Å². The van der Waals surface area contributed by atoms with Crippen molar-refractivity contribution in [3.63, 3.8) is 0 Å². The van der Waals surface area contributed by atoms with Crippen LogP contribution in [0.25, 0.3) is 21.9 Å². The summed E-state index contributed by atoms with van der Waals surface area (Å²) in [5, 5.41) is 4.34. The monoisotopic (exact) mass is 325 g/mol. The van der Waals surface area contributed by atoms with Crippen molar-refractivity contribution < 1.29 is 0 Å². The Morgan fingerprint density at radius 3 is 2.67 bits per heavy atom. The molecule has 3 rings (SSSR count). The molecule has 2 heterocycles. The highest BCUT2D eigenvalue weighted by Crippen LogP contribution is 2.32. The van der Waals surface area contributed by atoms with E-state index in [9.17, 15) is 0 Å². The lowest BCUT2D eigenvalue weighted by Crippen LogP contribution is -2.08. The summed E-state index contributed by atoms with van der Waals surface area (Å²) in [4.78, 5) is 9.39. The first-order valence-electron chi connectivity index (χ1n) is 8.81. The van der Waals surface area contributed by atoms with Gasteiger partial charge in [0.2, 0.25) is 5.95 Å². The number of nitrogen functional groups attached to an aromatic ring is 1. The molecule has 0 radical (unpaired) electrons. The highest BCUT2D eigenvalue weighted by molar-refractivity contribution is 6.08. The zero-order chi connectivity index (χ0) is 17.3. The van der Waals surface area contributed by atoms with Gasteiger partial charge in [-0.15, -0.1) is 0 Å². The van der Waals surface area contributed by atoms with Crippen molar-refractivity contribution in [2.24, 2.45) is 5.92 Å². The fraction of sp³-hybridized carbons (Fsp3) is 0.474. The molecule has 5 heteroatoms. The molecule has 0 aliphatic heterocycles. The number of nitrogens with two attached hydrogens (primary N) is 1. The zero-order valence-electron chi connectivity index (χ0n) is 15.1. The lowest BCUT2D eigenvalue weighted by Gasteiger charge is -2.13. The van der Waals surface area contributed by atoms with E-state index in [2.05, 4.69) is 48.9 Å². The topological polar surface area (TPSA) is 68.8 Å². The normalized spacial score (nSPS) is 11.7. The average molecular weight is 325 g/mol. The molecule has 0 spiro atoms. The number of anilines is 2. The van der Waals surface area contributed by atoms with Gasteiger partial charge < -0.3 is 15.6 Å². The SMILES string of the molecule is CCCCc1cccc2c1nc(N)c1nc(NC)n(CC(C)C)c12. The van der Waals surface area contributed by atoms with Crippen LogP contribution in [-0.4, -0.2) is 21.6 Å². The number of unbranched alkanes of at least 4 members (excludes halogenated alkanes) is 1. The number of hydrogen-bond acceptors (Lipinski definition) is 4. The third kappa shape index (κ3) is 2.79. The van der Waals surface area contributed by atoms with Gasteiger partial charge >= 0.3 is 0 Å². The molecule has 5 nitrogen and oxygen atoms in total. The number of para-hydroxylation sites is 1. The van der Waals surface area contributed by atoms with Gasteiger partial charge in [-0.2, -0.15) is 0 Å². The standard InChI is InChI=1S/C19H27N5/c1-5-6-8-13-9-7-10-14-15(13)22-18(20)16-17(14)24(11-12(2)3)19(21-4)23-16/h7,9-10,12H,5-6,8,11H2,1-4H3,(H2,20,22)(H,21,23). The second kappa shape index (κ2) is 6.67. The van der Waals surface area contributed by atoms with Crippen molar-refractivity contribution >= 4 is 33.7 Å². The zero-order valence-corrected chi connectivity index (χ0v) is 15.1. The molecule has 0 unspecified atom stereocenters. The first kappa shape index (κ1) is 16.6. The molecular formula is C19H27N5. The minimum atomic E-state index is 0.514. The molecule has 0 aliphatic rings. The van der Waals surface area contributed by atoms with Gasteiger partial charge in [0.1, 0.15) is 5.52 Å². The molecule has 0 saturated heterocycles. The maximum absolute atomic E-state index is 6.27. The molecule has 1 aromatic carbocycles. The van der Waals surface area contributed by atoms with Gasteiger partial charge in [-0.25, -0.2) is 9.97 Å². The number of aromatic nitrogens is 3. The van der Waals surface area contributed by atoms with E-state index in [0.29, 0.717) is 11.7 Å². The van der Waals surface area contributed by atoms with Crippen molar-refractivity contribution in [3.05, 3.63) is 23.8 Å². The smallest absolute Gasteiger partial charge is 0.203 e. The third-order valence-corrected chi connectivity index (χ3v) is 4.39. The highest BCUT2D eigenvalue weighted by Gasteiger charge is 2.18. The molecule has 24 heavy (non-hydrogen) atoms. The summed E-state index contributed by atoms with van der Waals surface area (Å²) >= 11 is 0. The van der Waals surface area contributed by atoms with Crippen molar-refractivity contribution in [2.45, 2.75) is 46.6 Å². The summed E-state index contributed by atoms with van der Waals surface area (Å²) < 4.78 is 2.24. The van der Waals surface area contributed by atoms with Crippen LogP contribution in [0.1, 0.15) is 39.2 Å². The summed E-state index contributed by atoms with van der Waals surface area (Å²) in [6, 6.07) is 6.42. The Balaban J connectivity index is 2.34. The molecule has 0 saturated carbocycles. The van der Waals surface area contributed by atoms with E-state index in [0.717, 1.165) is 47.3 Å². The van der Waals surface area contributed by atoms with Gasteiger partial charge in [0.15, 0.2) is 5.82 Å². The number of imidazole rings is 1. The number of aryl methyl sites for hydroxylation is 1. The lowest BCUT2D eigenvalue weighted by molar-refractivity contribution is 0.537. The van der Waals surface area contributed by atoms with Crippen LogP contribution in [0.3, 0.4) is 0 Å².